The summed E-state index contributed by atoms with van der Waals surface area (Å²) in [7, 11) is 1.90. The first kappa shape index (κ1) is 10.2. The number of hydrogen-bond acceptors (Lipinski definition) is 3. The number of carbonyl (C=O) groups excluding carboxylic acids is 1. The monoisotopic (exact) mass is 208 g/mol. The number of aromatic nitrogens is 2. The van der Waals surface area contributed by atoms with Gasteiger partial charge in [0.25, 0.3) is 0 Å². The SMILES string of the molecule is CCCc1cc(NC(=O)C2CN2)nn1C. The minimum atomic E-state index is -0.0124. The van der Waals surface area contributed by atoms with Crippen molar-refractivity contribution in [1.82, 2.24) is 15.1 Å². The fourth-order valence-electron chi connectivity index (χ4n) is 1.51. The molecule has 0 saturated carbocycles. The smallest absolute Gasteiger partial charge is 0.244 e. The van der Waals surface area contributed by atoms with Gasteiger partial charge in [0.2, 0.25) is 5.91 Å². The van der Waals surface area contributed by atoms with E-state index in [1.54, 1.807) is 0 Å². The predicted molar refractivity (Wildman–Crippen MR) is 57.6 cm³/mol. The van der Waals surface area contributed by atoms with Gasteiger partial charge in [-0.3, -0.25) is 9.48 Å². The second kappa shape index (κ2) is 4.02. The Kier molecular flexibility index (Phi) is 2.73. The topological polar surface area (TPSA) is 68.9 Å². The van der Waals surface area contributed by atoms with Gasteiger partial charge in [-0.15, -0.1) is 0 Å². The molecular weight excluding hydrogens is 192 g/mol. The lowest BCUT2D eigenvalue weighted by Crippen LogP contribution is -2.20. The molecule has 2 heterocycles. The second-order valence-electron chi connectivity index (χ2n) is 3.84. The van der Waals surface area contributed by atoms with E-state index in [2.05, 4.69) is 22.7 Å². The molecule has 1 saturated heterocycles. The normalized spacial score (nSPS) is 18.9. The van der Waals surface area contributed by atoms with Crippen LogP contribution in [-0.4, -0.2) is 28.3 Å². The van der Waals surface area contributed by atoms with E-state index < -0.39 is 0 Å². The number of hydrogen-bond donors (Lipinski definition) is 2. The van der Waals surface area contributed by atoms with Gasteiger partial charge in [-0.1, -0.05) is 13.3 Å². The van der Waals surface area contributed by atoms with E-state index in [4.69, 9.17) is 0 Å². The van der Waals surface area contributed by atoms with Crippen LogP contribution in [0.3, 0.4) is 0 Å². The predicted octanol–water partition coefficient (Wildman–Crippen LogP) is 0.283. The van der Waals surface area contributed by atoms with E-state index in [1.807, 2.05) is 17.8 Å². The van der Waals surface area contributed by atoms with Gasteiger partial charge in [0, 0.05) is 25.4 Å². The lowest BCUT2D eigenvalue weighted by molar-refractivity contribution is -0.115. The van der Waals surface area contributed by atoms with Crippen LogP contribution in [0.15, 0.2) is 6.07 Å². The van der Waals surface area contributed by atoms with Gasteiger partial charge >= 0.3 is 0 Å². The van der Waals surface area contributed by atoms with Crippen LogP contribution < -0.4 is 10.6 Å². The van der Waals surface area contributed by atoms with Gasteiger partial charge in [-0.25, -0.2) is 0 Å². The zero-order valence-electron chi connectivity index (χ0n) is 9.08. The molecule has 82 valence electrons. The zero-order chi connectivity index (χ0) is 10.8. The highest BCUT2D eigenvalue weighted by atomic mass is 16.2. The summed E-state index contributed by atoms with van der Waals surface area (Å²) >= 11 is 0. The van der Waals surface area contributed by atoms with Crippen LogP contribution in [-0.2, 0) is 18.3 Å². The fourth-order valence-corrected chi connectivity index (χ4v) is 1.51. The highest BCUT2D eigenvalue weighted by molar-refractivity contribution is 5.96. The maximum atomic E-state index is 11.4. The molecule has 1 atom stereocenters. The molecule has 5 heteroatoms. The highest BCUT2D eigenvalue weighted by Gasteiger charge is 2.29. The number of carbonyl (C=O) groups is 1. The molecule has 0 spiro atoms. The summed E-state index contributed by atoms with van der Waals surface area (Å²) in [6.45, 7) is 2.90. The minimum absolute atomic E-state index is 0.0103. The third kappa shape index (κ3) is 2.36. The minimum Gasteiger partial charge on any atom is -0.308 e. The Hall–Kier alpha value is -1.36. The molecule has 1 unspecified atom stereocenters. The van der Waals surface area contributed by atoms with E-state index in [0.29, 0.717) is 5.82 Å². The molecule has 1 aliphatic rings. The molecule has 0 aromatic carbocycles. The molecule has 1 aliphatic heterocycles. The summed E-state index contributed by atoms with van der Waals surface area (Å²) in [4.78, 5) is 11.4. The van der Waals surface area contributed by atoms with Gasteiger partial charge in [0.05, 0.1) is 6.04 Å². The van der Waals surface area contributed by atoms with Crippen molar-refractivity contribution in [3.05, 3.63) is 11.8 Å². The average Bonchev–Trinajstić information content (AvgIpc) is 2.95. The number of anilines is 1. The van der Waals surface area contributed by atoms with E-state index >= 15 is 0 Å². The summed E-state index contributed by atoms with van der Waals surface area (Å²) in [5.74, 6) is 0.663. The Morgan fingerprint density at radius 3 is 3.13 bits per heavy atom. The Bertz CT molecular complexity index is 367. The van der Waals surface area contributed by atoms with Crippen molar-refractivity contribution in [2.24, 2.45) is 7.05 Å². The van der Waals surface area contributed by atoms with E-state index in [1.165, 1.54) is 0 Å². The van der Waals surface area contributed by atoms with Crippen LogP contribution in [0.1, 0.15) is 19.0 Å². The summed E-state index contributed by atoms with van der Waals surface area (Å²) in [5.41, 5.74) is 1.15. The largest absolute Gasteiger partial charge is 0.308 e. The summed E-state index contributed by atoms with van der Waals surface area (Å²) in [6, 6.07) is 1.92. The maximum Gasteiger partial charge on any atom is 0.244 e. The van der Waals surface area contributed by atoms with Crippen molar-refractivity contribution in [1.29, 1.82) is 0 Å². The molecule has 0 radical (unpaired) electrons. The molecule has 2 rings (SSSR count). The van der Waals surface area contributed by atoms with Crippen molar-refractivity contribution in [3.8, 4) is 0 Å². The molecule has 15 heavy (non-hydrogen) atoms. The molecule has 2 N–H and O–H groups in total. The van der Waals surface area contributed by atoms with Crippen molar-refractivity contribution < 1.29 is 4.79 Å². The van der Waals surface area contributed by atoms with Gasteiger partial charge in [-0.05, 0) is 6.42 Å². The average molecular weight is 208 g/mol. The molecule has 1 amide bonds. The number of nitrogens with zero attached hydrogens (tertiary/aromatic N) is 2. The lowest BCUT2D eigenvalue weighted by Gasteiger charge is -1.97. The number of aryl methyl sites for hydroxylation is 2. The quantitative estimate of drug-likeness (QED) is 0.698. The summed E-state index contributed by atoms with van der Waals surface area (Å²) in [5, 5.41) is 9.98. The zero-order valence-corrected chi connectivity index (χ0v) is 9.08. The Labute approximate surface area is 88.8 Å². The first-order chi connectivity index (χ1) is 7.20. The van der Waals surface area contributed by atoms with Gasteiger partial charge in [0.1, 0.15) is 0 Å². The summed E-state index contributed by atoms with van der Waals surface area (Å²) in [6.07, 6.45) is 2.07. The first-order valence-corrected chi connectivity index (χ1v) is 5.28. The van der Waals surface area contributed by atoms with Crippen molar-refractivity contribution in [2.75, 3.05) is 11.9 Å². The number of rotatable bonds is 4. The third-order valence-corrected chi connectivity index (χ3v) is 2.46. The van der Waals surface area contributed by atoms with Crippen LogP contribution in [0.25, 0.3) is 0 Å². The van der Waals surface area contributed by atoms with E-state index in [0.717, 1.165) is 25.1 Å². The van der Waals surface area contributed by atoms with Gasteiger partial charge in [-0.2, -0.15) is 5.10 Å². The molecule has 0 bridgehead atoms. The van der Waals surface area contributed by atoms with Crippen LogP contribution in [0.2, 0.25) is 0 Å². The molecule has 1 aromatic heterocycles. The fraction of sp³-hybridized carbons (Fsp3) is 0.600. The van der Waals surface area contributed by atoms with Crippen molar-refractivity contribution in [3.63, 3.8) is 0 Å². The Morgan fingerprint density at radius 1 is 1.80 bits per heavy atom. The molecule has 1 fully saturated rings. The second-order valence-corrected chi connectivity index (χ2v) is 3.84. The van der Waals surface area contributed by atoms with E-state index in [-0.39, 0.29) is 11.9 Å². The molecular formula is C10H16N4O. The van der Waals surface area contributed by atoms with Crippen LogP contribution in [0.4, 0.5) is 5.82 Å². The molecule has 0 aliphatic carbocycles. The molecule has 5 nitrogen and oxygen atoms in total. The van der Waals surface area contributed by atoms with Crippen molar-refractivity contribution >= 4 is 11.7 Å². The van der Waals surface area contributed by atoms with Gasteiger partial charge in [0.15, 0.2) is 5.82 Å². The Morgan fingerprint density at radius 2 is 2.53 bits per heavy atom. The summed E-state index contributed by atoms with van der Waals surface area (Å²) < 4.78 is 1.82. The standard InChI is InChI=1S/C10H16N4O/c1-3-4-7-5-9(13-14(7)2)12-10(15)8-6-11-8/h5,8,11H,3-4,6H2,1-2H3,(H,12,13,15). The highest BCUT2D eigenvalue weighted by Crippen LogP contribution is 2.11. The van der Waals surface area contributed by atoms with Crippen molar-refractivity contribution in [2.45, 2.75) is 25.8 Å². The van der Waals surface area contributed by atoms with Crippen LogP contribution in [0, 0.1) is 0 Å². The first-order valence-electron chi connectivity index (χ1n) is 5.28. The van der Waals surface area contributed by atoms with Crippen LogP contribution >= 0.6 is 0 Å². The Balaban J connectivity index is 2.01. The number of nitrogens with one attached hydrogen (secondary N) is 2. The molecule has 1 aromatic rings. The maximum absolute atomic E-state index is 11.4. The van der Waals surface area contributed by atoms with E-state index in [9.17, 15) is 4.79 Å². The number of amides is 1. The lowest BCUT2D eigenvalue weighted by atomic mass is 10.2. The van der Waals surface area contributed by atoms with Crippen LogP contribution in [0.5, 0.6) is 0 Å². The third-order valence-electron chi connectivity index (χ3n) is 2.46. The van der Waals surface area contributed by atoms with Gasteiger partial charge < -0.3 is 10.6 Å².